The molecular formula is C29H26ClN5O4. The highest BCUT2D eigenvalue weighted by atomic mass is 35.5. The van der Waals surface area contributed by atoms with Gasteiger partial charge < -0.3 is 19.1 Å². The summed E-state index contributed by atoms with van der Waals surface area (Å²) in [5.41, 5.74) is 1.66. The van der Waals surface area contributed by atoms with Gasteiger partial charge in [0.1, 0.15) is 22.4 Å². The lowest BCUT2D eigenvalue weighted by atomic mass is 9.90. The molecule has 5 aromatic rings. The van der Waals surface area contributed by atoms with E-state index < -0.39 is 6.10 Å². The molecule has 0 spiro atoms. The van der Waals surface area contributed by atoms with Crippen molar-refractivity contribution in [1.82, 2.24) is 25.0 Å². The summed E-state index contributed by atoms with van der Waals surface area (Å²) in [6.07, 6.45) is 8.62. The number of rotatable bonds is 6. The second-order valence-corrected chi connectivity index (χ2v) is 10.2. The Morgan fingerprint density at radius 3 is 2.74 bits per heavy atom. The number of ether oxygens (including phenoxy) is 1. The van der Waals surface area contributed by atoms with Gasteiger partial charge in [-0.25, -0.2) is 0 Å². The molecule has 1 amide bonds. The Morgan fingerprint density at radius 1 is 1.10 bits per heavy atom. The van der Waals surface area contributed by atoms with Crippen LogP contribution in [0.3, 0.4) is 0 Å². The average molecular weight is 544 g/mol. The summed E-state index contributed by atoms with van der Waals surface area (Å²) >= 11 is 6.59. The molecule has 9 nitrogen and oxygen atoms in total. The zero-order valence-corrected chi connectivity index (χ0v) is 22.0. The number of aromatic nitrogens is 4. The summed E-state index contributed by atoms with van der Waals surface area (Å²) < 4.78 is 13.3. The van der Waals surface area contributed by atoms with Gasteiger partial charge in [0.15, 0.2) is 0 Å². The van der Waals surface area contributed by atoms with Crippen LogP contribution in [0.5, 0.6) is 5.75 Å². The number of aryl methyl sites for hydroxylation is 1. The number of halogens is 1. The number of carbonyl (C=O) groups excluding carboxylic acids is 1. The van der Waals surface area contributed by atoms with Crippen molar-refractivity contribution in [2.75, 3.05) is 0 Å². The van der Waals surface area contributed by atoms with E-state index in [2.05, 4.69) is 20.4 Å². The van der Waals surface area contributed by atoms with E-state index in [4.69, 9.17) is 20.9 Å². The molecule has 3 atom stereocenters. The van der Waals surface area contributed by atoms with Crippen molar-refractivity contribution in [3.63, 3.8) is 0 Å². The maximum absolute atomic E-state index is 13.8. The highest BCUT2D eigenvalue weighted by Gasteiger charge is 2.31. The Morgan fingerprint density at radius 2 is 1.95 bits per heavy atom. The van der Waals surface area contributed by atoms with Gasteiger partial charge in [-0.2, -0.15) is 0 Å². The molecule has 0 saturated heterocycles. The largest absolute Gasteiger partial charge is 0.476 e. The van der Waals surface area contributed by atoms with E-state index >= 15 is 0 Å². The SMILES string of the molecule is Cc1onc2c1c(=O)n(C1CCCC(NC(=O)C(Oc3ccncc3)c3cccnc3)C1)c1cccc(Cl)c21. The van der Waals surface area contributed by atoms with Crippen molar-refractivity contribution in [2.45, 2.75) is 50.8 Å². The number of pyridine rings is 3. The molecule has 1 aromatic carbocycles. The summed E-state index contributed by atoms with van der Waals surface area (Å²) in [6, 6.07) is 12.2. The van der Waals surface area contributed by atoms with Gasteiger partial charge >= 0.3 is 0 Å². The fourth-order valence-corrected chi connectivity index (χ4v) is 5.76. The fourth-order valence-electron chi connectivity index (χ4n) is 5.50. The third-order valence-corrected chi connectivity index (χ3v) is 7.59. The molecule has 4 heterocycles. The number of carbonyl (C=O) groups is 1. The third kappa shape index (κ3) is 4.74. The van der Waals surface area contributed by atoms with Crippen molar-refractivity contribution in [3.8, 4) is 5.75 Å². The molecule has 39 heavy (non-hydrogen) atoms. The molecule has 1 saturated carbocycles. The van der Waals surface area contributed by atoms with Crippen LogP contribution in [0.15, 0.2) is 76.6 Å². The molecule has 1 aliphatic rings. The quantitative estimate of drug-likeness (QED) is 0.308. The van der Waals surface area contributed by atoms with Crippen LogP contribution in [0.1, 0.15) is 49.2 Å². The molecule has 3 unspecified atom stereocenters. The van der Waals surface area contributed by atoms with Crippen molar-refractivity contribution in [2.24, 2.45) is 0 Å². The second kappa shape index (κ2) is 10.5. The predicted molar refractivity (Wildman–Crippen MR) is 147 cm³/mol. The molecule has 1 fully saturated rings. The number of benzene rings is 1. The minimum absolute atomic E-state index is 0.144. The van der Waals surface area contributed by atoms with Gasteiger partial charge in [-0.05, 0) is 62.9 Å². The number of fused-ring (bicyclic) bond motifs is 3. The molecule has 0 radical (unpaired) electrons. The summed E-state index contributed by atoms with van der Waals surface area (Å²) in [4.78, 5) is 35.5. The van der Waals surface area contributed by atoms with Gasteiger partial charge in [0.25, 0.3) is 11.5 Å². The van der Waals surface area contributed by atoms with Crippen molar-refractivity contribution < 1.29 is 14.1 Å². The number of nitrogens with zero attached hydrogens (tertiary/aromatic N) is 4. The Bertz CT molecular complexity index is 1700. The summed E-state index contributed by atoms with van der Waals surface area (Å²) in [5, 5.41) is 8.95. The first-order chi connectivity index (χ1) is 19.0. The van der Waals surface area contributed by atoms with Crippen LogP contribution in [-0.2, 0) is 4.79 Å². The topological polar surface area (TPSA) is 112 Å². The lowest BCUT2D eigenvalue weighted by Gasteiger charge is -2.33. The monoisotopic (exact) mass is 543 g/mol. The number of nitrogens with one attached hydrogen (secondary N) is 1. The zero-order valence-electron chi connectivity index (χ0n) is 21.2. The maximum Gasteiger partial charge on any atom is 0.266 e. The molecule has 1 aliphatic carbocycles. The van der Waals surface area contributed by atoms with E-state index in [-0.39, 0.29) is 23.6 Å². The normalized spacial score (nSPS) is 18.2. The molecule has 6 rings (SSSR count). The summed E-state index contributed by atoms with van der Waals surface area (Å²) in [7, 11) is 0. The van der Waals surface area contributed by atoms with Gasteiger partial charge in [0, 0.05) is 47.8 Å². The molecule has 0 bridgehead atoms. The lowest BCUT2D eigenvalue weighted by Crippen LogP contribution is -2.43. The smallest absolute Gasteiger partial charge is 0.266 e. The average Bonchev–Trinajstić information content (AvgIpc) is 3.34. The summed E-state index contributed by atoms with van der Waals surface area (Å²) in [6.45, 7) is 1.73. The maximum atomic E-state index is 13.8. The first-order valence-electron chi connectivity index (χ1n) is 12.9. The minimum atomic E-state index is -0.889. The van der Waals surface area contributed by atoms with E-state index in [0.29, 0.717) is 50.3 Å². The van der Waals surface area contributed by atoms with E-state index in [9.17, 15) is 9.59 Å². The van der Waals surface area contributed by atoms with Gasteiger partial charge in [-0.3, -0.25) is 19.6 Å². The molecule has 198 valence electrons. The van der Waals surface area contributed by atoms with Crippen LogP contribution in [0.25, 0.3) is 21.8 Å². The standard InChI is InChI=1S/C29H26ClN5O4/c1-17-24-26(34-39-17)25-22(30)8-3-9-23(25)35(29(24)37)20-7-2-6-19(15-20)33-28(36)27(18-5-4-12-32-16-18)38-21-10-13-31-14-11-21/h3-5,8-14,16,19-20,27H,2,6-7,15H2,1H3,(H,33,36). The fraction of sp³-hybridized carbons (Fsp3) is 0.276. The van der Waals surface area contributed by atoms with Crippen molar-refractivity contribution >= 4 is 39.3 Å². The van der Waals surface area contributed by atoms with E-state index in [0.717, 1.165) is 19.3 Å². The Balaban J connectivity index is 1.31. The highest BCUT2D eigenvalue weighted by molar-refractivity contribution is 6.37. The van der Waals surface area contributed by atoms with Gasteiger partial charge in [-0.15, -0.1) is 0 Å². The zero-order chi connectivity index (χ0) is 26.9. The first-order valence-corrected chi connectivity index (χ1v) is 13.2. The van der Waals surface area contributed by atoms with Gasteiger partial charge in [0.05, 0.1) is 10.5 Å². The van der Waals surface area contributed by atoms with Crippen LogP contribution in [0.2, 0.25) is 5.02 Å². The van der Waals surface area contributed by atoms with E-state index in [1.54, 1.807) is 60.5 Å². The highest BCUT2D eigenvalue weighted by Crippen LogP contribution is 2.35. The molecule has 10 heteroatoms. The minimum Gasteiger partial charge on any atom is -0.476 e. The van der Waals surface area contributed by atoms with Crippen molar-refractivity contribution in [3.05, 3.63) is 94.0 Å². The van der Waals surface area contributed by atoms with Gasteiger partial charge in [0.2, 0.25) is 6.10 Å². The molecule has 0 aliphatic heterocycles. The molecular weight excluding hydrogens is 518 g/mol. The van der Waals surface area contributed by atoms with Crippen molar-refractivity contribution in [1.29, 1.82) is 0 Å². The van der Waals surface area contributed by atoms with Crippen LogP contribution in [0.4, 0.5) is 0 Å². The first kappa shape index (κ1) is 25.1. The Labute approximate surface area is 228 Å². The Hall–Kier alpha value is -4.24. The van der Waals surface area contributed by atoms with E-state index in [1.807, 2.05) is 18.2 Å². The van der Waals surface area contributed by atoms with E-state index in [1.165, 1.54) is 0 Å². The number of amides is 1. The van der Waals surface area contributed by atoms with Crippen LogP contribution in [0, 0.1) is 6.92 Å². The van der Waals surface area contributed by atoms with Gasteiger partial charge in [-0.1, -0.05) is 28.9 Å². The third-order valence-electron chi connectivity index (χ3n) is 7.27. The Kier molecular flexibility index (Phi) is 6.74. The van der Waals surface area contributed by atoms with Crippen LogP contribution < -0.4 is 15.6 Å². The second-order valence-electron chi connectivity index (χ2n) is 9.76. The number of hydrogen-bond acceptors (Lipinski definition) is 7. The number of hydrogen-bond donors (Lipinski definition) is 1. The van der Waals surface area contributed by atoms with Crippen LogP contribution in [-0.4, -0.2) is 31.6 Å². The predicted octanol–water partition coefficient (Wildman–Crippen LogP) is 5.31. The molecule has 1 N–H and O–H groups in total. The molecule has 4 aromatic heterocycles. The summed E-state index contributed by atoms with van der Waals surface area (Å²) in [5.74, 6) is 0.720. The lowest BCUT2D eigenvalue weighted by molar-refractivity contribution is -0.129. The van der Waals surface area contributed by atoms with Crippen LogP contribution >= 0.6 is 11.6 Å².